The van der Waals surface area contributed by atoms with Gasteiger partial charge in [0.05, 0.1) is 19.8 Å². The van der Waals surface area contributed by atoms with E-state index in [9.17, 15) is 9.59 Å². The summed E-state index contributed by atoms with van der Waals surface area (Å²) in [5, 5.41) is 9.15. The maximum Gasteiger partial charge on any atom is 0.341 e. The minimum atomic E-state index is -1.13. The molecule has 0 aliphatic heterocycles. The van der Waals surface area contributed by atoms with Gasteiger partial charge in [0.1, 0.15) is 5.56 Å². The molecule has 1 aromatic carbocycles. The van der Waals surface area contributed by atoms with E-state index in [2.05, 4.69) is 9.72 Å². The maximum atomic E-state index is 11.5. The average Bonchev–Trinajstić information content (AvgIpc) is 2.53. The topological polar surface area (TPSA) is 85.7 Å². The van der Waals surface area contributed by atoms with Crippen molar-refractivity contribution in [3.8, 4) is 17.0 Å². The number of esters is 1. The fourth-order valence-corrected chi connectivity index (χ4v) is 1.87. The number of nitrogens with zero attached hydrogens (tertiary/aromatic N) is 1. The number of pyridine rings is 1. The van der Waals surface area contributed by atoms with E-state index in [-0.39, 0.29) is 11.4 Å². The monoisotopic (exact) mass is 287 g/mol. The molecule has 21 heavy (non-hydrogen) atoms. The lowest BCUT2D eigenvalue weighted by Crippen LogP contribution is -2.03. The molecule has 1 heterocycles. The lowest BCUT2D eigenvalue weighted by molar-refractivity contribution is 0.0599. The summed E-state index contributed by atoms with van der Waals surface area (Å²) in [6, 6.07) is 8.11. The third kappa shape index (κ3) is 3.00. The Bertz CT molecular complexity index is 696. The molecule has 1 N–H and O–H groups in total. The third-order valence-corrected chi connectivity index (χ3v) is 2.89. The zero-order valence-corrected chi connectivity index (χ0v) is 11.5. The van der Waals surface area contributed by atoms with Gasteiger partial charge in [0.25, 0.3) is 0 Å². The molecule has 6 heteroatoms. The molecule has 0 bridgehead atoms. The highest BCUT2D eigenvalue weighted by Crippen LogP contribution is 2.25. The molecule has 0 saturated heterocycles. The molecule has 0 saturated carbocycles. The van der Waals surface area contributed by atoms with E-state index in [1.807, 2.05) is 0 Å². The molecule has 0 radical (unpaired) electrons. The van der Waals surface area contributed by atoms with E-state index in [1.165, 1.54) is 26.5 Å². The van der Waals surface area contributed by atoms with E-state index in [0.29, 0.717) is 16.7 Å². The Balaban J connectivity index is 2.49. The first-order chi connectivity index (χ1) is 10.1. The van der Waals surface area contributed by atoms with Crippen LogP contribution in [0.15, 0.2) is 36.5 Å². The van der Waals surface area contributed by atoms with Crippen LogP contribution in [0.3, 0.4) is 0 Å². The lowest BCUT2D eigenvalue weighted by Gasteiger charge is -2.08. The van der Waals surface area contributed by atoms with Crippen LogP contribution >= 0.6 is 0 Å². The van der Waals surface area contributed by atoms with Gasteiger partial charge in [-0.2, -0.15) is 0 Å². The number of carbonyl (C=O) groups is 2. The number of ether oxygens (including phenoxy) is 2. The fraction of sp³-hybridized carbons (Fsp3) is 0.133. The molecule has 108 valence electrons. The van der Waals surface area contributed by atoms with E-state index in [4.69, 9.17) is 9.84 Å². The largest absolute Gasteiger partial charge is 0.480 e. The number of aromatic nitrogens is 1. The van der Waals surface area contributed by atoms with Gasteiger partial charge in [-0.05, 0) is 23.8 Å². The Labute approximate surface area is 121 Å². The molecule has 0 amide bonds. The van der Waals surface area contributed by atoms with Crippen LogP contribution in [0.1, 0.15) is 20.7 Å². The molecular weight excluding hydrogens is 274 g/mol. The van der Waals surface area contributed by atoms with Crippen molar-refractivity contribution in [1.29, 1.82) is 0 Å². The Hall–Kier alpha value is -2.89. The molecule has 6 nitrogen and oxygen atoms in total. The molecule has 0 atom stereocenters. The first kappa shape index (κ1) is 14.5. The van der Waals surface area contributed by atoms with Crippen molar-refractivity contribution < 1.29 is 24.2 Å². The van der Waals surface area contributed by atoms with Crippen molar-refractivity contribution in [3.63, 3.8) is 0 Å². The summed E-state index contributed by atoms with van der Waals surface area (Å²) in [6.07, 6.45) is 1.49. The highest BCUT2D eigenvalue weighted by Gasteiger charge is 2.14. The highest BCUT2D eigenvalue weighted by molar-refractivity contribution is 5.93. The lowest BCUT2D eigenvalue weighted by atomic mass is 10.0. The number of rotatable bonds is 4. The van der Waals surface area contributed by atoms with Crippen LogP contribution in [0.25, 0.3) is 11.1 Å². The summed E-state index contributed by atoms with van der Waals surface area (Å²) in [7, 11) is 2.65. The van der Waals surface area contributed by atoms with E-state index < -0.39 is 11.9 Å². The number of hydrogen-bond donors (Lipinski definition) is 1. The van der Waals surface area contributed by atoms with Crippen molar-refractivity contribution in [2.75, 3.05) is 14.2 Å². The molecular formula is C15H13NO5. The van der Waals surface area contributed by atoms with Gasteiger partial charge < -0.3 is 14.6 Å². The summed E-state index contributed by atoms with van der Waals surface area (Å²) in [5.41, 5.74) is 1.57. The van der Waals surface area contributed by atoms with Gasteiger partial charge in [-0.3, -0.25) is 0 Å². The highest BCUT2D eigenvalue weighted by atomic mass is 16.5. The first-order valence-corrected chi connectivity index (χ1v) is 6.03. The maximum absolute atomic E-state index is 11.5. The Morgan fingerprint density at radius 3 is 2.52 bits per heavy atom. The zero-order chi connectivity index (χ0) is 15.4. The Morgan fingerprint density at radius 2 is 1.90 bits per heavy atom. The minimum Gasteiger partial charge on any atom is -0.480 e. The van der Waals surface area contributed by atoms with Crippen LogP contribution in [0.2, 0.25) is 0 Å². The average molecular weight is 287 g/mol. The number of hydrogen-bond acceptors (Lipinski definition) is 5. The second-order valence-corrected chi connectivity index (χ2v) is 4.16. The predicted octanol–water partition coefficient (Wildman–Crippen LogP) is 2.24. The quantitative estimate of drug-likeness (QED) is 0.868. The number of aromatic carboxylic acids is 1. The van der Waals surface area contributed by atoms with Crippen molar-refractivity contribution in [1.82, 2.24) is 4.98 Å². The zero-order valence-electron chi connectivity index (χ0n) is 11.5. The van der Waals surface area contributed by atoms with Gasteiger partial charge >= 0.3 is 11.9 Å². The first-order valence-electron chi connectivity index (χ1n) is 6.03. The molecule has 2 rings (SSSR count). The fourth-order valence-electron chi connectivity index (χ4n) is 1.87. The van der Waals surface area contributed by atoms with Gasteiger partial charge in [0.2, 0.25) is 5.88 Å². The number of benzene rings is 1. The van der Waals surface area contributed by atoms with Crippen molar-refractivity contribution in [2.24, 2.45) is 0 Å². The van der Waals surface area contributed by atoms with E-state index >= 15 is 0 Å². The van der Waals surface area contributed by atoms with Gasteiger partial charge in [0, 0.05) is 11.8 Å². The van der Waals surface area contributed by atoms with Crippen molar-refractivity contribution in [3.05, 3.63) is 47.7 Å². The Kier molecular flexibility index (Phi) is 4.18. The van der Waals surface area contributed by atoms with Crippen LogP contribution in [0.5, 0.6) is 5.88 Å². The van der Waals surface area contributed by atoms with Crippen LogP contribution in [0.4, 0.5) is 0 Å². The second-order valence-electron chi connectivity index (χ2n) is 4.16. The van der Waals surface area contributed by atoms with Crippen LogP contribution < -0.4 is 4.74 Å². The van der Waals surface area contributed by atoms with Gasteiger partial charge in [0.15, 0.2) is 0 Å². The van der Waals surface area contributed by atoms with Crippen LogP contribution in [-0.4, -0.2) is 36.2 Å². The van der Waals surface area contributed by atoms with E-state index in [0.717, 1.165) is 0 Å². The second kappa shape index (κ2) is 6.04. The SMILES string of the molecule is COC(=O)c1cccc(-c2cnc(OC)c(C(=O)O)c2)c1. The normalized spacial score (nSPS) is 10.0. The minimum absolute atomic E-state index is 0.0374. The van der Waals surface area contributed by atoms with Crippen LogP contribution in [0, 0.1) is 0 Å². The number of carboxylic acids is 1. The molecule has 0 unspecified atom stereocenters. The van der Waals surface area contributed by atoms with Crippen molar-refractivity contribution in [2.45, 2.75) is 0 Å². The molecule has 0 fully saturated rings. The summed E-state index contributed by atoms with van der Waals surface area (Å²) < 4.78 is 9.57. The molecule has 2 aromatic rings. The summed E-state index contributed by atoms with van der Waals surface area (Å²) in [5.74, 6) is -1.56. The standard InChI is InChI=1S/C15H13NO5/c1-20-13-12(14(17)18)7-11(8-16-13)9-4-3-5-10(6-9)15(19)21-2/h3-8H,1-2H3,(H,17,18). The summed E-state index contributed by atoms with van der Waals surface area (Å²) >= 11 is 0. The smallest absolute Gasteiger partial charge is 0.341 e. The Morgan fingerprint density at radius 1 is 1.14 bits per heavy atom. The predicted molar refractivity (Wildman–Crippen MR) is 74.5 cm³/mol. The van der Waals surface area contributed by atoms with Gasteiger partial charge in [-0.1, -0.05) is 12.1 Å². The number of carboxylic acid groups (broad SMARTS) is 1. The van der Waals surface area contributed by atoms with Gasteiger partial charge in [-0.15, -0.1) is 0 Å². The van der Waals surface area contributed by atoms with Gasteiger partial charge in [-0.25, -0.2) is 14.6 Å². The van der Waals surface area contributed by atoms with E-state index in [1.54, 1.807) is 24.3 Å². The summed E-state index contributed by atoms with van der Waals surface area (Å²) in [4.78, 5) is 26.7. The molecule has 1 aromatic heterocycles. The molecule has 0 aliphatic carbocycles. The third-order valence-electron chi connectivity index (χ3n) is 2.89. The summed E-state index contributed by atoms with van der Waals surface area (Å²) in [6.45, 7) is 0. The van der Waals surface area contributed by atoms with Crippen LogP contribution in [-0.2, 0) is 4.74 Å². The molecule has 0 aliphatic rings. The van der Waals surface area contributed by atoms with Crippen molar-refractivity contribution >= 4 is 11.9 Å². The number of carbonyl (C=O) groups excluding carboxylic acids is 1. The number of methoxy groups -OCH3 is 2. The molecule has 0 spiro atoms.